The Bertz CT molecular complexity index is 376. The number of halogens is 2. The number of benzene rings is 1. The Morgan fingerprint density at radius 2 is 1.68 bits per heavy atom. The lowest BCUT2D eigenvalue weighted by Crippen LogP contribution is -2.35. The van der Waals surface area contributed by atoms with Crippen molar-refractivity contribution in [3.8, 4) is 0 Å². The van der Waals surface area contributed by atoms with E-state index < -0.39 is 11.6 Å². The third-order valence-corrected chi connectivity index (χ3v) is 2.95. The molecule has 1 unspecified atom stereocenters. The van der Waals surface area contributed by atoms with Crippen LogP contribution in [0.25, 0.3) is 0 Å². The van der Waals surface area contributed by atoms with Crippen molar-refractivity contribution in [2.75, 3.05) is 6.54 Å². The van der Waals surface area contributed by atoms with Gasteiger partial charge in [-0.1, -0.05) is 27.7 Å². The van der Waals surface area contributed by atoms with Gasteiger partial charge in [0, 0.05) is 12.1 Å². The Kier molecular flexibility index (Phi) is 5.92. The zero-order chi connectivity index (χ0) is 14.5. The Labute approximate surface area is 115 Å². The Hall–Kier alpha value is -0.960. The SMILES string of the molecule is CCCNC(Cc1cc(F)cc(F)c1)CC(C)(C)C. The number of hydrogen-bond acceptors (Lipinski definition) is 1. The lowest BCUT2D eigenvalue weighted by Gasteiger charge is -2.27. The van der Waals surface area contributed by atoms with E-state index in [9.17, 15) is 8.78 Å². The van der Waals surface area contributed by atoms with Crippen LogP contribution >= 0.6 is 0 Å². The van der Waals surface area contributed by atoms with Gasteiger partial charge in [-0.25, -0.2) is 8.78 Å². The molecule has 0 amide bonds. The van der Waals surface area contributed by atoms with E-state index in [-0.39, 0.29) is 11.5 Å². The normalized spacial score (nSPS) is 13.6. The predicted molar refractivity (Wildman–Crippen MR) is 76.2 cm³/mol. The molecule has 0 spiro atoms. The fourth-order valence-corrected chi connectivity index (χ4v) is 2.32. The van der Waals surface area contributed by atoms with E-state index in [1.54, 1.807) is 0 Å². The molecule has 0 radical (unpaired) electrons. The average Bonchev–Trinajstić information content (AvgIpc) is 2.22. The first-order chi connectivity index (χ1) is 8.80. The van der Waals surface area contributed by atoms with Crippen LogP contribution in [0.3, 0.4) is 0 Å². The first-order valence-corrected chi connectivity index (χ1v) is 6.98. The first kappa shape index (κ1) is 16.1. The van der Waals surface area contributed by atoms with E-state index in [1.165, 1.54) is 12.1 Å². The van der Waals surface area contributed by atoms with Crippen LogP contribution in [0.15, 0.2) is 18.2 Å². The molecule has 0 saturated carbocycles. The largest absolute Gasteiger partial charge is 0.314 e. The third kappa shape index (κ3) is 6.67. The van der Waals surface area contributed by atoms with E-state index >= 15 is 0 Å². The molecule has 0 heterocycles. The van der Waals surface area contributed by atoms with Crippen molar-refractivity contribution < 1.29 is 8.78 Å². The summed E-state index contributed by atoms with van der Waals surface area (Å²) in [6, 6.07) is 4.02. The van der Waals surface area contributed by atoms with Gasteiger partial charge in [0.25, 0.3) is 0 Å². The third-order valence-electron chi connectivity index (χ3n) is 2.95. The Morgan fingerprint density at radius 1 is 1.11 bits per heavy atom. The van der Waals surface area contributed by atoms with Gasteiger partial charge in [-0.15, -0.1) is 0 Å². The summed E-state index contributed by atoms with van der Waals surface area (Å²) in [5, 5.41) is 3.47. The van der Waals surface area contributed by atoms with E-state index in [4.69, 9.17) is 0 Å². The monoisotopic (exact) mass is 269 g/mol. The molecule has 1 aromatic carbocycles. The Morgan fingerprint density at radius 3 is 2.16 bits per heavy atom. The molecule has 1 N–H and O–H groups in total. The number of hydrogen-bond donors (Lipinski definition) is 1. The maximum atomic E-state index is 13.2. The van der Waals surface area contributed by atoms with Gasteiger partial charge in [0.1, 0.15) is 11.6 Å². The van der Waals surface area contributed by atoms with Gasteiger partial charge in [0.15, 0.2) is 0 Å². The second-order valence-corrected chi connectivity index (χ2v) is 6.40. The summed E-state index contributed by atoms with van der Waals surface area (Å²) in [5.74, 6) is -1.000. The summed E-state index contributed by atoms with van der Waals surface area (Å²) >= 11 is 0. The smallest absolute Gasteiger partial charge is 0.126 e. The van der Waals surface area contributed by atoms with Crippen LogP contribution in [0, 0.1) is 17.0 Å². The van der Waals surface area contributed by atoms with Gasteiger partial charge in [0.2, 0.25) is 0 Å². The summed E-state index contributed by atoms with van der Waals surface area (Å²) in [4.78, 5) is 0. The summed E-state index contributed by atoms with van der Waals surface area (Å²) < 4.78 is 26.4. The van der Waals surface area contributed by atoms with Crippen LogP contribution in [0.1, 0.15) is 46.1 Å². The van der Waals surface area contributed by atoms with E-state index in [0.717, 1.165) is 31.0 Å². The van der Waals surface area contributed by atoms with Crippen molar-refractivity contribution in [2.24, 2.45) is 5.41 Å². The highest BCUT2D eigenvalue weighted by Crippen LogP contribution is 2.23. The highest BCUT2D eigenvalue weighted by Gasteiger charge is 2.19. The average molecular weight is 269 g/mol. The van der Waals surface area contributed by atoms with Crippen molar-refractivity contribution in [3.05, 3.63) is 35.4 Å². The summed E-state index contributed by atoms with van der Waals surface area (Å²) in [5.41, 5.74) is 0.910. The molecule has 0 fully saturated rings. The molecule has 1 atom stereocenters. The standard InChI is InChI=1S/C16H25F2N/c1-5-6-19-15(11-16(2,3)4)9-12-7-13(17)10-14(18)8-12/h7-8,10,15,19H,5-6,9,11H2,1-4H3. The molecule has 1 rings (SSSR count). The van der Waals surface area contributed by atoms with Crippen molar-refractivity contribution in [3.63, 3.8) is 0 Å². The maximum Gasteiger partial charge on any atom is 0.126 e. The van der Waals surface area contributed by atoms with Crippen LogP contribution in [0.4, 0.5) is 8.78 Å². The van der Waals surface area contributed by atoms with Gasteiger partial charge < -0.3 is 5.32 Å². The molecular formula is C16H25F2N. The van der Waals surface area contributed by atoms with Crippen LogP contribution < -0.4 is 5.32 Å². The van der Waals surface area contributed by atoms with Crippen molar-refractivity contribution in [1.29, 1.82) is 0 Å². The van der Waals surface area contributed by atoms with Gasteiger partial charge in [0.05, 0.1) is 0 Å². The minimum Gasteiger partial charge on any atom is -0.314 e. The molecule has 0 bridgehead atoms. The van der Waals surface area contributed by atoms with E-state index in [2.05, 4.69) is 33.0 Å². The van der Waals surface area contributed by atoms with Crippen molar-refractivity contribution in [2.45, 2.75) is 53.0 Å². The molecular weight excluding hydrogens is 244 g/mol. The second-order valence-electron chi connectivity index (χ2n) is 6.40. The molecule has 0 aliphatic rings. The summed E-state index contributed by atoms with van der Waals surface area (Å²) in [6.07, 6.45) is 2.69. The highest BCUT2D eigenvalue weighted by molar-refractivity contribution is 5.19. The molecule has 19 heavy (non-hydrogen) atoms. The van der Waals surface area contributed by atoms with Gasteiger partial charge >= 0.3 is 0 Å². The summed E-state index contributed by atoms with van der Waals surface area (Å²) in [7, 11) is 0. The van der Waals surface area contributed by atoms with Crippen molar-refractivity contribution >= 4 is 0 Å². The second kappa shape index (κ2) is 6.99. The van der Waals surface area contributed by atoms with Gasteiger partial charge in [-0.2, -0.15) is 0 Å². The van der Waals surface area contributed by atoms with E-state index in [0.29, 0.717) is 6.42 Å². The van der Waals surface area contributed by atoms with Crippen LogP contribution in [0.5, 0.6) is 0 Å². The fraction of sp³-hybridized carbons (Fsp3) is 0.625. The van der Waals surface area contributed by atoms with Crippen molar-refractivity contribution in [1.82, 2.24) is 5.32 Å². The molecule has 0 aliphatic carbocycles. The topological polar surface area (TPSA) is 12.0 Å². The van der Waals surface area contributed by atoms with Crippen LogP contribution in [-0.4, -0.2) is 12.6 Å². The molecule has 0 aliphatic heterocycles. The van der Waals surface area contributed by atoms with Gasteiger partial charge in [-0.3, -0.25) is 0 Å². The zero-order valence-corrected chi connectivity index (χ0v) is 12.4. The number of nitrogens with one attached hydrogen (secondary N) is 1. The molecule has 0 aromatic heterocycles. The molecule has 1 nitrogen and oxygen atoms in total. The lowest BCUT2D eigenvalue weighted by molar-refractivity contribution is 0.306. The lowest BCUT2D eigenvalue weighted by atomic mass is 9.86. The molecule has 1 aromatic rings. The summed E-state index contributed by atoms with van der Waals surface area (Å²) in [6.45, 7) is 9.58. The maximum absolute atomic E-state index is 13.2. The first-order valence-electron chi connectivity index (χ1n) is 6.98. The molecule has 3 heteroatoms. The Balaban J connectivity index is 2.75. The minimum absolute atomic E-state index is 0.192. The highest BCUT2D eigenvalue weighted by atomic mass is 19.1. The predicted octanol–water partition coefficient (Wildman–Crippen LogP) is 4.31. The van der Waals surface area contributed by atoms with Crippen LogP contribution in [-0.2, 0) is 6.42 Å². The minimum atomic E-state index is -0.500. The fourth-order valence-electron chi connectivity index (χ4n) is 2.32. The zero-order valence-electron chi connectivity index (χ0n) is 12.4. The van der Waals surface area contributed by atoms with Crippen LogP contribution in [0.2, 0.25) is 0 Å². The van der Waals surface area contributed by atoms with E-state index in [1.807, 2.05) is 0 Å². The quantitative estimate of drug-likeness (QED) is 0.811. The molecule has 0 saturated heterocycles. The molecule has 108 valence electrons. The van der Waals surface area contributed by atoms with Gasteiger partial charge in [-0.05, 0) is 48.9 Å². The number of rotatable bonds is 6.